The van der Waals surface area contributed by atoms with Crippen LogP contribution >= 0.6 is 0 Å². The molecule has 1 aliphatic carbocycles. The molecule has 2 aliphatic heterocycles. The van der Waals surface area contributed by atoms with Crippen LogP contribution in [0.15, 0.2) is 36.0 Å². The molecule has 1 saturated carbocycles. The summed E-state index contributed by atoms with van der Waals surface area (Å²) in [6.45, 7) is 1.62. The van der Waals surface area contributed by atoms with Gasteiger partial charge in [-0.3, -0.25) is 14.9 Å². The van der Waals surface area contributed by atoms with E-state index in [2.05, 4.69) is 38.8 Å². The molecule has 10 heteroatoms. The molecule has 6 rings (SSSR count). The van der Waals surface area contributed by atoms with Crippen LogP contribution in [0.2, 0.25) is 0 Å². The van der Waals surface area contributed by atoms with Crippen molar-refractivity contribution < 1.29 is 9.59 Å². The van der Waals surface area contributed by atoms with Gasteiger partial charge in [0.25, 0.3) is 5.91 Å². The molecule has 0 bridgehead atoms. The van der Waals surface area contributed by atoms with Crippen LogP contribution in [0.25, 0.3) is 11.7 Å². The second kappa shape index (κ2) is 8.51. The zero-order valence-electron chi connectivity index (χ0n) is 19.1. The minimum Gasteiger partial charge on any atom is -0.351 e. The Labute approximate surface area is 201 Å². The third kappa shape index (κ3) is 4.21. The highest BCUT2D eigenvalue weighted by molar-refractivity contribution is 6.15. The summed E-state index contributed by atoms with van der Waals surface area (Å²) in [6.07, 6.45) is 7.52. The normalized spacial score (nSPS) is 19.9. The Balaban J connectivity index is 1.28. The predicted molar refractivity (Wildman–Crippen MR) is 129 cm³/mol. The molecule has 2 saturated heterocycles. The molecule has 2 amide bonds. The summed E-state index contributed by atoms with van der Waals surface area (Å²) in [5.41, 5.74) is 3.62. The first-order chi connectivity index (χ1) is 17.1. The van der Waals surface area contributed by atoms with Crippen molar-refractivity contribution in [3.63, 3.8) is 0 Å². The maximum absolute atomic E-state index is 12.1. The van der Waals surface area contributed by atoms with Gasteiger partial charge in [-0.1, -0.05) is 12.1 Å². The van der Waals surface area contributed by atoms with Gasteiger partial charge in [0.1, 0.15) is 0 Å². The molecule has 0 spiro atoms. The van der Waals surface area contributed by atoms with Gasteiger partial charge in [-0.25, -0.2) is 0 Å². The second-order valence-corrected chi connectivity index (χ2v) is 9.32. The lowest BCUT2D eigenvalue weighted by Gasteiger charge is -2.32. The molecule has 0 unspecified atom stereocenters. The van der Waals surface area contributed by atoms with Crippen LogP contribution in [0.5, 0.6) is 0 Å². The lowest BCUT2D eigenvalue weighted by molar-refractivity contribution is -0.124. The fourth-order valence-corrected chi connectivity index (χ4v) is 4.68. The van der Waals surface area contributed by atoms with Gasteiger partial charge in [0.15, 0.2) is 5.65 Å². The van der Waals surface area contributed by atoms with Gasteiger partial charge in [0.05, 0.1) is 24.3 Å². The Morgan fingerprint density at radius 2 is 1.86 bits per heavy atom. The van der Waals surface area contributed by atoms with E-state index >= 15 is 0 Å². The van der Waals surface area contributed by atoms with Crippen LogP contribution in [-0.2, 0) is 9.59 Å². The summed E-state index contributed by atoms with van der Waals surface area (Å²) in [7, 11) is 0. The number of rotatable bonds is 5. The van der Waals surface area contributed by atoms with E-state index in [1.807, 2.05) is 12.1 Å². The predicted octanol–water partition coefficient (Wildman–Crippen LogP) is 2.38. The number of nitrogens with one attached hydrogen (secondary N) is 2. The molecule has 10 nitrogen and oxygen atoms in total. The molecule has 4 heterocycles. The standard InChI is InChI=1S/C25H24N8O2/c26-13-15-1-3-16(4-2-15)17-7-9-32(10-8-17)24-30-22-19(11-18-12-21(34)29-23(18)35)14-27-33(22)25(31-24)28-20-5-6-20/h1-4,11,14,17,20H,5-10,12H2,(H,28,30,31)(H,29,34,35)/b18-11+. The van der Waals surface area contributed by atoms with Crippen LogP contribution in [-0.4, -0.2) is 50.5 Å². The summed E-state index contributed by atoms with van der Waals surface area (Å²) < 4.78 is 1.67. The van der Waals surface area contributed by atoms with Gasteiger partial charge >= 0.3 is 0 Å². The van der Waals surface area contributed by atoms with Crippen LogP contribution in [0, 0.1) is 11.3 Å². The largest absolute Gasteiger partial charge is 0.351 e. The number of nitriles is 1. The Morgan fingerprint density at radius 3 is 2.51 bits per heavy atom. The summed E-state index contributed by atoms with van der Waals surface area (Å²) in [4.78, 5) is 35.5. The van der Waals surface area contributed by atoms with Crippen molar-refractivity contribution in [3.8, 4) is 6.07 Å². The van der Waals surface area contributed by atoms with Crippen molar-refractivity contribution in [2.24, 2.45) is 0 Å². The number of hydrogen-bond acceptors (Lipinski definition) is 8. The van der Waals surface area contributed by atoms with E-state index in [4.69, 9.17) is 15.2 Å². The molecule has 3 fully saturated rings. The highest BCUT2D eigenvalue weighted by atomic mass is 16.2. The monoisotopic (exact) mass is 468 g/mol. The minimum absolute atomic E-state index is 0.0597. The first-order valence-electron chi connectivity index (χ1n) is 11.9. The number of imide groups is 1. The van der Waals surface area contributed by atoms with E-state index in [0.29, 0.717) is 46.2 Å². The van der Waals surface area contributed by atoms with Crippen molar-refractivity contribution in [3.05, 3.63) is 52.7 Å². The van der Waals surface area contributed by atoms with Crippen molar-refractivity contribution in [2.75, 3.05) is 23.3 Å². The number of benzene rings is 1. The van der Waals surface area contributed by atoms with E-state index in [9.17, 15) is 9.59 Å². The van der Waals surface area contributed by atoms with Crippen LogP contribution < -0.4 is 15.5 Å². The minimum atomic E-state index is -0.371. The number of nitrogens with zero attached hydrogens (tertiary/aromatic N) is 6. The molecule has 3 aromatic rings. The number of piperidine rings is 1. The van der Waals surface area contributed by atoms with Gasteiger partial charge < -0.3 is 10.2 Å². The number of anilines is 2. The lowest BCUT2D eigenvalue weighted by Crippen LogP contribution is -2.34. The smallest absolute Gasteiger partial charge is 0.254 e. The molecular formula is C25H24N8O2. The number of carbonyl (C=O) groups excluding carboxylic acids is 2. The first kappa shape index (κ1) is 21.3. The molecule has 2 aromatic heterocycles. The van der Waals surface area contributed by atoms with E-state index in [-0.39, 0.29) is 18.2 Å². The zero-order valence-corrected chi connectivity index (χ0v) is 19.1. The highest BCUT2D eigenvalue weighted by Gasteiger charge is 2.28. The summed E-state index contributed by atoms with van der Waals surface area (Å²) in [5, 5.41) is 19.3. The Bertz CT molecular complexity index is 1390. The average molecular weight is 469 g/mol. The van der Waals surface area contributed by atoms with Gasteiger partial charge in [-0.2, -0.15) is 24.8 Å². The molecule has 3 aliphatic rings. The van der Waals surface area contributed by atoms with Gasteiger partial charge in [0, 0.05) is 30.3 Å². The molecule has 0 atom stereocenters. The molecular weight excluding hydrogens is 444 g/mol. The van der Waals surface area contributed by atoms with Crippen LogP contribution in [0.4, 0.5) is 11.9 Å². The molecule has 176 valence electrons. The van der Waals surface area contributed by atoms with Crippen LogP contribution in [0.1, 0.15) is 54.7 Å². The Hall–Kier alpha value is -4.26. The van der Waals surface area contributed by atoms with Gasteiger partial charge in [0.2, 0.25) is 17.8 Å². The molecule has 35 heavy (non-hydrogen) atoms. The van der Waals surface area contributed by atoms with Gasteiger partial charge in [-0.05, 0) is 55.4 Å². The molecule has 1 aromatic carbocycles. The zero-order chi connectivity index (χ0) is 23.9. The third-order valence-corrected chi connectivity index (χ3v) is 6.81. The fourth-order valence-electron chi connectivity index (χ4n) is 4.68. The van der Waals surface area contributed by atoms with Gasteiger partial charge in [-0.15, -0.1) is 0 Å². The Morgan fingerprint density at radius 1 is 1.09 bits per heavy atom. The van der Waals surface area contributed by atoms with E-state index in [1.165, 1.54) is 5.56 Å². The number of hydrogen-bond donors (Lipinski definition) is 2. The highest BCUT2D eigenvalue weighted by Crippen LogP contribution is 2.31. The summed E-state index contributed by atoms with van der Waals surface area (Å²) >= 11 is 0. The fraction of sp³-hybridized carbons (Fsp3) is 0.360. The number of fused-ring (bicyclic) bond motifs is 1. The summed E-state index contributed by atoms with van der Waals surface area (Å²) in [5.74, 6) is 1.03. The van der Waals surface area contributed by atoms with Crippen LogP contribution in [0.3, 0.4) is 0 Å². The van der Waals surface area contributed by atoms with Crippen molar-refractivity contribution in [2.45, 2.75) is 44.1 Å². The Kier molecular flexibility index (Phi) is 5.17. The second-order valence-electron chi connectivity index (χ2n) is 9.32. The number of aromatic nitrogens is 4. The quantitative estimate of drug-likeness (QED) is 0.431. The number of carbonyl (C=O) groups is 2. The third-order valence-electron chi connectivity index (χ3n) is 6.81. The van der Waals surface area contributed by atoms with E-state index < -0.39 is 0 Å². The lowest BCUT2D eigenvalue weighted by atomic mass is 9.89. The topological polar surface area (TPSA) is 128 Å². The molecule has 0 radical (unpaired) electrons. The maximum atomic E-state index is 12.1. The van der Waals surface area contributed by atoms with Crippen molar-refractivity contribution >= 4 is 35.4 Å². The van der Waals surface area contributed by atoms with Crippen molar-refractivity contribution in [1.82, 2.24) is 24.9 Å². The molecule has 2 N–H and O–H groups in total. The SMILES string of the molecule is N#Cc1ccc(C2CCN(c3nc(NC4CC4)n4ncc(/C=C5\CC(=O)NC5=O)c4n3)CC2)cc1. The summed E-state index contributed by atoms with van der Waals surface area (Å²) in [6, 6.07) is 10.4. The first-order valence-corrected chi connectivity index (χ1v) is 11.9. The van der Waals surface area contributed by atoms with Crippen molar-refractivity contribution in [1.29, 1.82) is 5.26 Å². The average Bonchev–Trinajstić information content (AvgIpc) is 3.52. The maximum Gasteiger partial charge on any atom is 0.254 e. The van der Waals surface area contributed by atoms with E-state index in [1.54, 1.807) is 16.8 Å². The number of amides is 2. The van der Waals surface area contributed by atoms with E-state index in [0.717, 1.165) is 38.8 Å².